The van der Waals surface area contributed by atoms with Gasteiger partial charge in [-0.2, -0.15) is 4.31 Å². The number of hydrogen-bond donors (Lipinski definition) is 1. The molecule has 1 aromatic heterocycles. The molecule has 1 aliphatic heterocycles. The Hall–Kier alpha value is -2.71. The second kappa shape index (κ2) is 8.80. The van der Waals surface area contributed by atoms with Crippen LogP contribution in [0.15, 0.2) is 47.4 Å². The van der Waals surface area contributed by atoms with E-state index in [-0.39, 0.29) is 10.8 Å². The minimum Gasteiger partial charge on any atom is -0.310 e. The van der Waals surface area contributed by atoms with E-state index in [0.717, 1.165) is 43.3 Å². The van der Waals surface area contributed by atoms with E-state index in [0.29, 0.717) is 30.2 Å². The zero-order valence-electron chi connectivity index (χ0n) is 18.0. The van der Waals surface area contributed by atoms with Gasteiger partial charge in [-0.1, -0.05) is 31.5 Å². The van der Waals surface area contributed by atoms with Crippen molar-refractivity contribution in [1.82, 2.24) is 13.9 Å². The van der Waals surface area contributed by atoms with Crippen LogP contribution in [0.2, 0.25) is 0 Å². The first-order valence-corrected chi connectivity index (χ1v) is 12.2. The predicted molar refractivity (Wildman–Crippen MR) is 122 cm³/mol. The first-order chi connectivity index (χ1) is 14.9. The number of para-hydroxylation sites is 2. The Morgan fingerprint density at radius 1 is 1.10 bits per heavy atom. The van der Waals surface area contributed by atoms with Crippen molar-refractivity contribution >= 4 is 32.9 Å². The van der Waals surface area contributed by atoms with Crippen LogP contribution in [0, 0.1) is 6.92 Å². The van der Waals surface area contributed by atoms with Gasteiger partial charge in [-0.25, -0.2) is 13.4 Å². The van der Waals surface area contributed by atoms with E-state index in [1.807, 2.05) is 28.8 Å². The molecule has 7 nitrogen and oxygen atoms in total. The minimum atomic E-state index is -3.61. The SMILES string of the molecule is CCCn1c(NC(=O)c2cc(S(=O)(=O)N3CCCCC3)ccc2C)nc2ccccc21. The normalized spacial score (nSPS) is 15.3. The monoisotopic (exact) mass is 440 g/mol. The fourth-order valence-corrected chi connectivity index (χ4v) is 5.59. The van der Waals surface area contributed by atoms with Crippen LogP contribution in [-0.4, -0.2) is 41.3 Å². The smallest absolute Gasteiger partial charge is 0.258 e. The summed E-state index contributed by atoms with van der Waals surface area (Å²) in [6, 6.07) is 12.5. The third-order valence-electron chi connectivity index (χ3n) is 5.73. The van der Waals surface area contributed by atoms with Crippen LogP contribution in [0.1, 0.15) is 48.5 Å². The zero-order chi connectivity index (χ0) is 22.0. The number of anilines is 1. The molecule has 1 aliphatic rings. The van der Waals surface area contributed by atoms with Crippen molar-refractivity contribution in [2.75, 3.05) is 18.4 Å². The molecule has 0 bridgehead atoms. The molecule has 0 radical (unpaired) electrons. The average molecular weight is 441 g/mol. The highest BCUT2D eigenvalue weighted by Gasteiger charge is 2.27. The summed E-state index contributed by atoms with van der Waals surface area (Å²) in [5.74, 6) is 0.109. The van der Waals surface area contributed by atoms with Crippen molar-refractivity contribution in [3.05, 3.63) is 53.6 Å². The number of fused-ring (bicyclic) bond motifs is 1. The molecule has 1 fully saturated rings. The summed E-state index contributed by atoms with van der Waals surface area (Å²) >= 11 is 0. The number of carbonyl (C=O) groups excluding carboxylic acids is 1. The summed E-state index contributed by atoms with van der Waals surface area (Å²) in [7, 11) is -3.61. The van der Waals surface area contributed by atoms with Crippen LogP contribution in [-0.2, 0) is 16.6 Å². The van der Waals surface area contributed by atoms with Crippen molar-refractivity contribution in [2.24, 2.45) is 0 Å². The second-order valence-electron chi connectivity index (χ2n) is 7.97. The summed E-state index contributed by atoms with van der Waals surface area (Å²) in [4.78, 5) is 17.9. The van der Waals surface area contributed by atoms with E-state index < -0.39 is 10.0 Å². The van der Waals surface area contributed by atoms with Gasteiger partial charge < -0.3 is 4.57 Å². The van der Waals surface area contributed by atoms with Crippen LogP contribution >= 0.6 is 0 Å². The van der Waals surface area contributed by atoms with E-state index in [4.69, 9.17) is 0 Å². The van der Waals surface area contributed by atoms with Crippen LogP contribution in [0.25, 0.3) is 11.0 Å². The first-order valence-electron chi connectivity index (χ1n) is 10.8. The van der Waals surface area contributed by atoms with Crippen LogP contribution in [0.5, 0.6) is 0 Å². The molecule has 3 aromatic rings. The first kappa shape index (κ1) is 21.5. The minimum absolute atomic E-state index is 0.159. The van der Waals surface area contributed by atoms with Crippen molar-refractivity contribution < 1.29 is 13.2 Å². The molecule has 0 saturated carbocycles. The van der Waals surface area contributed by atoms with E-state index in [1.165, 1.54) is 10.4 Å². The maximum atomic E-state index is 13.2. The molecule has 1 amide bonds. The largest absolute Gasteiger partial charge is 0.310 e. The zero-order valence-corrected chi connectivity index (χ0v) is 18.8. The molecule has 0 aliphatic carbocycles. The Morgan fingerprint density at radius 2 is 1.84 bits per heavy atom. The van der Waals surface area contributed by atoms with Gasteiger partial charge in [0.05, 0.1) is 15.9 Å². The van der Waals surface area contributed by atoms with Crippen molar-refractivity contribution in [3.8, 4) is 0 Å². The topological polar surface area (TPSA) is 84.3 Å². The number of imidazole rings is 1. The number of nitrogens with one attached hydrogen (secondary N) is 1. The van der Waals surface area contributed by atoms with Gasteiger partial charge in [0.2, 0.25) is 16.0 Å². The number of aryl methyl sites for hydroxylation is 2. The molecule has 4 rings (SSSR count). The Kier molecular flexibility index (Phi) is 6.11. The lowest BCUT2D eigenvalue weighted by Crippen LogP contribution is -2.35. The molecule has 2 aromatic carbocycles. The van der Waals surface area contributed by atoms with Crippen LogP contribution in [0.4, 0.5) is 5.95 Å². The third kappa shape index (κ3) is 4.22. The molecule has 1 N–H and O–H groups in total. The van der Waals surface area contributed by atoms with E-state index in [9.17, 15) is 13.2 Å². The molecule has 0 spiro atoms. The second-order valence-corrected chi connectivity index (χ2v) is 9.91. The van der Waals surface area contributed by atoms with Gasteiger partial charge in [0.25, 0.3) is 5.91 Å². The average Bonchev–Trinajstić information content (AvgIpc) is 3.12. The summed E-state index contributed by atoms with van der Waals surface area (Å²) in [6.45, 7) is 5.65. The summed E-state index contributed by atoms with van der Waals surface area (Å²) in [5, 5.41) is 2.90. The van der Waals surface area contributed by atoms with Crippen molar-refractivity contribution in [2.45, 2.75) is 51.0 Å². The number of sulfonamides is 1. The maximum absolute atomic E-state index is 13.2. The number of nitrogens with zero attached hydrogens (tertiary/aromatic N) is 3. The lowest BCUT2D eigenvalue weighted by molar-refractivity contribution is 0.102. The molecule has 0 atom stereocenters. The summed E-state index contributed by atoms with van der Waals surface area (Å²) < 4.78 is 29.6. The predicted octanol–water partition coefficient (Wildman–Crippen LogP) is 4.18. The summed E-state index contributed by atoms with van der Waals surface area (Å²) in [5.41, 5.74) is 2.82. The lowest BCUT2D eigenvalue weighted by atomic mass is 10.1. The highest BCUT2D eigenvalue weighted by atomic mass is 32.2. The van der Waals surface area contributed by atoms with Gasteiger partial charge >= 0.3 is 0 Å². The molecule has 2 heterocycles. The molecule has 164 valence electrons. The standard InChI is InChI=1S/C23H28N4O3S/c1-3-13-27-21-10-6-5-9-20(21)24-23(27)25-22(28)19-16-18(12-11-17(19)2)31(29,30)26-14-7-4-8-15-26/h5-6,9-12,16H,3-4,7-8,13-15H2,1-2H3,(H,24,25,28). The van der Waals surface area contributed by atoms with Crippen LogP contribution < -0.4 is 5.32 Å². The Bertz CT molecular complexity index is 1210. The van der Waals surface area contributed by atoms with E-state index >= 15 is 0 Å². The Labute approximate surface area is 183 Å². The Morgan fingerprint density at radius 3 is 2.58 bits per heavy atom. The molecular weight excluding hydrogens is 412 g/mol. The molecule has 8 heteroatoms. The molecular formula is C23H28N4O3S. The van der Waals surface area contributed by atoms with Gasteiger partial charge in [-0.15, -0.1) is 0 Å². The van der Waals surface area contributed by atoms with E-state index in [1.54, 1.807) is 19.1 Å². The number of hydrogen-bond acceptors (Lipinski definition) is 4. The fraction of sp³-hybridized carbons (Fsp3) is 0.391. The number of carbonyl (C=O) groups is 1. The van der Waals surface area contributed by atoms with Gasteiger partial charge in [-0.3, -0.25) is 10.1 Å². The number of benzene rings is 2. The van der Waals surface area contributed by atoms with E-state index in [2.05, 4.69) is 17.2 Å². The van der Waals surface area contributed by atoms with Gasteiger partial charge in [-0.05, 0) is 56.0 Å². The maximum Gasteiger partial charge on any atom is 0.258 e. The van der Waals surface area contributed by atoms with Gasteiger partial charge in [0, 0.05) is 25.2 Å². The van der Waals surface area contributed by atoms with Crippen LogP contribution in [0.3, 0.4) is 0 Å². The quantitative estimate of drug-likeness (QED) is 0.623. The number of amides is 1. The Balaban J connectivity index is 1.66. The number of aromatic nitrogens is 2. The molecule has 1 saturated heterocycles. The summed E-state index contributed by atoms with van der Waals surface area (Å²) in [6.07, 6.45) is 3.68. The third-order valence-corrected chi connectivity index (χ3v) is 7.63. The highest BCUT2D eigenvalue weighted by molar-refractivity contribution is 7.89. The highest BCUT2D eigenvalue weighted by Crippen LogP contribution is 2.25. The molecule has 0 unspecified atom stereocenters. The van der Waals surface area contributed by atoms with Gasteiger partial charge in [0.15, 0.2) is 0 Å². The lowest BCUT2D eigenvalue weighted by Gasteiger charge is -2.26. The van der Waals surface area contributed by atoms with Gasteiger partial charge in [0.1, 0.15) is 0 Å². The number of piperidine rings is 1. The number of rotatable bonds is 6. The molecule has 31 heavy (non-hydrogen) atoms. The fourth-order valence-electron chi connectivity index (χ4n) is 4.05. The van der Waals surface area contributed by atoms with Crippen molar-refractivity contribution in [1.29, 1.82) is 0 Å². The van der Waals surface area contributed by atoms with Crippen molar-refractivity contribution in [3.63, 3.8) is 0 Å².